The van der Waals surface area contributed by atoms with Gasteiger partial charge in [-0.15, -0.1) is 0 Å². The summed E-state index contributed by atoms with van der Waals surface area (Å²) < 4.78 is 18.1. The molecule has 5 heteroatoms. The molecule has 0 saturated heterocycles. The first-order valence-electron chi connectivity index (χ1n) is 8.42. The van der Waals surface area contributed by atoms with Crippen LogP contribution in [0.3, 0.4) is 0 Å². The van der Waals surface area contributed by atoms with Crippen LogP contribution in [0.4, 0.5) is 10.1 Å². The van der Waals surface area contributed by atoms with Gasteiger partial charge in [0.25, 0.3) is 5.91 Å². The number of anilines is 1. The van der Waals surface area contributed by atoms with E-state index in [1.165, 1.54) is 42.2 Å². The normalized spacial score (nSPS) is 13.0. The van der Waals surface area contributed by atoms with Gasteiger partial charge >= 0.3 is 5.97 Å². The first kappa shape index (κ1) is 17.1. The zero-order chi connectivity index (χ0) is 17.6. The number of carbonyl (C=O) groups is 2. The second-order valence-electron chi connectivity index (χ2n) is 6.21. The molecule has 0 aliphatic heterocycles. The van der Waals surface area contributed by atoms with Crippen molar-refractivity contribution < 1.29 is 18.7 Å². The van der Waals surface area contributed by atoms with Gasteiger partial charge in [0.2, 0.25) is 0 Å². The molecule has 0 bridgehead atoms. The van der Waals surface area contributed by atoms with Gasteiger partial charge in [-0.1, -0.05) is 24.3 Å². The summed E-state index contributed by atoms with van der Waals surface area (Å²) in [6.07, 6.45) is 4.69. The molecule has 0 saturated carbocycles. The van der Waals surface area contributed by atoms with E-state index in [-0.39, 0.29) is 13.0 Å². The summed E-state index contributed by atoms with van der Waals surface area (Å²) in [5.74, 6) is -1.39. The van der Waals surface area contributed by atoms with Crippen LogP contribution in [0.15, 0.2) is 42.5 Å². The fourth-order valence-corrected chi connectivity index (χ4v) is 3.02. The zero-order valence-electron chi connectivity index (χ0n) is 13.9. The Morgan fingerprint density at radius 3 is 2.64 bits per heavy atom. The molecule has 3 rings (SSSR count). The second kappa shape index (κ2) is 7.92. The van der Waals surface area contributed by atoms with Gasteiger partial charge in [0.1, 0.15) is 5.82 Å². The van der Waals surface area contributed by atoms with E-state index in [1.54, 1.807) is 6.07 Å². The number of fused-ring (bicyclic) bond motifs is 1. The Morgan fingerprint density at radius 2 is 1.84 bits per heavy atom. The molecular weight excluding hydrogens is 321 g/mol. The summed E-state index contributed by atoms with van der Waals surface area (Å²) in [5, 5.41) is 2.49. The van der Waals surface area contributed by atoms with E-state index in [0.717, 1.165) is 18.4 Å². The average Bonchev–Trinajstić information content (AvgIpc) is 2.60. The van der Waals surface area contributed by atoms with Gasteiger partial charge in [-0.3, -0.25) is 9.59 Å². The monoisotopic (exact) mass is 341 g/mol. The second-order valence-corrected chi connectivity index (χ2v) is 6.21. The summed E-state index contributed by atoms with van der Waals surface area (Å²) in [6, 6.07) is 11.6. The highest BCUT2D eigenvalue weighted by atomic mass is 19.1. The summed E-state index contributed by atoms with van der Waals surface area (Å²) >= 11 is 0. The molecule has 0 spiro atoms. The molecule has 130 valence electrons. The van der Waals surface area contributed by atoms with Crippen LogP contribution < -0.4 is 5.32 Å². The van der Waals surface area contributed by atoms with Crippen molar-refractivity contribution in [3.8, 4) is 0 Å². The number of ether oxygens (including phenoxy) is 1. The molecule has 1 N–H and O–H groups in total. The molecule has 25 heavy (non-hydrogen) atoms. The highest BCUT2D eigenvalue weighted by Crippen LogP contribution is 2.22. The standard InChI is InChI=1S/C20H20FNO3/c21-17-6-3-7-18(12-17)22-19(23)13-25-20(24)11-14-8-9-15-4-1-2-5-16(15)10-14/h3,6-10,12H,1-2,4-5,11,13H2,(H,22,23). The third-order valence-corrected chi connectivity index (χ3v) is 4.23. The fourth-order valence-electron chi connectivity index (χ4n) is 3.02. The molecule has 0 unspecified atom stereocenters. The zero-order valence-corrected chi connectivity index (χ0v) is 13.9. The molecule has 0 aromatic heterocycles. The minimum absolute atomic E-state index is 0.139. The molecular formula is C20H20FNO3. The van der Waals surface area contributed by atoms with E-state index < -0.39 is 17.7 Å². The van der Waals surface area contributed by atoms with E-state index in [1.807, 2.05) is 6.07 Å². The highest BCUT2D eigenvalue weighted by Gasteiger charge is 2.13. The topological polar surface area (TPSA) is 55.4 Å². The number of benzene rings is 2. The molecule has 1 aliphatic rings. The number of hydrogen-bond donors (Lipinski definition) is 1. The van der Waals surface area contributed by atoms with E-state index in [4.69, 9.17) is 4.74 Å². The van der Waals surface area contributed by atoms with Crippen molar-refractivity contribution >= 4 is 17.6 Å². The van der Waals surface area contributed by atoms with Gasteiger partial charge < -0.3 is 10.1 Å². The molecule has 1 amide bonds. The van der Waals surface area contributed by atoms with E-state index in [9.17, 15) is 14.0 Å². The predicted molar refractivity (Wildman–Crippen MR) is 92.8 cm³/mol. The van der Waals surface area contributed by atoms with Crippen LogP contribution in [0.5, 0.6) is 0 Å². The summed E-state index contributed by atoms with van der Waals surface area (Å²) in [6.45, 7) is -0.389. The molecule has 0 radical (unpaired) electrons. The maximum absolute atomic E-state index is 13.1. The molecule has 2 aromatic carbocycles. The number of nitrogens with one attached hydrogen (secondary N) is 1. The van der Waals surface area contributed by atoms with E-state index >= 15 is 0 Å². The van der Waals surface area contributed by atoms with Gasteiger partial charge in [0, 0.05) is 5.69 Å². The van der Waals surface area contributed by atoms with Crippen LogP contribution in [0.1, 0.15) is 29.5 Å². The third-order valence-electron chi connectivity index (χ3n) is 4.23. The molecule has 4 nitrogen and oxygen atoms in total. The van der Waals surface area contributed by atoms with Crippen LogP contribution in [0, 0.1) is 5.82 Å². The summed E-state index contributed by atoms with van der Waals surface area (Å²) in [4.78, 5) is 23.7. The Hall–Kier alpha value is -2.69. The number of amides is 1. The van der Waals surface area contributed by atoms with Gasteiger partial charge in [-0.05, 0) is 60.6 Å². The molecule has 1 aliphatic carbocycles. The van der Waals surface area contributed by atoms with Crippen molar-refractivity contribution in [1.82, 2.24) is 0 Å². The van der Waals surface area contributed by atoms with Crippen molar-refractivity contribution in [3.63, 3.8) is 0 Å². The molecule has 0 fully saturated rings. The van der Waals surface area contributed by atoms with Crippen molar-refractivity contribution in [2.75, 3.05) is 11.9 Å². The lowest BCUT2D eigenvalue weighted by Gasteiger charge is -2.16. The minimum atomic E-state index is -0.496. The fraction of sp³-hybridized carbons (Fsp3) is 0.300. The lowest BCUT2D eigenvalue weighted by Crippen LogP contribution is -2.21. The van der Waals surface area contributed by atoms with Crippen LogP contribution >= 0.6 is 0 Å². The van der Waals surface area contributed by atoms with Crippen molar-refractivity contribution in [1.29, 1.82) is 0 Å². The average molecular weight is 341 g/mol. The van der Waals surface area contributed by atoms with Gasteiger partial charge in [-0.25, -0.2) is 4.39 Å². The Kier molecular flexibility index (Phi) is 5.43. The van der Waals surface area contributed by atoms with Crippen molar-refractivity contribution in [2.24, 2.45) is 0 Å². The smallest absolute Gasteiger partial charge is 0.310 e. The largest absolute Gasteiger partial charge is 0.455 e. The molecule has 2 aromatic rings. The number of carbonyl (C=O) groups excluding carboxylic acids is 2. The van der Waals surface area contributed by atoms with Crippen molar-refractivity contribution in [3.05, 3.63) is 65.0 Å². The SMILES string of the molecule is O=C(COC(=O)Cc1ccc2c(c1)CCCC2)Nc1cccc(F)c1. The number of aryl methyl sites for hydroxylation is 2. The lowest BCUT2D eigenvalue weighted by atomic mass is 9.90. The maximum atomic E-state index is 13.1. The van der Waals surface area contributed by atoms with E-state index in [0.29, 0.717) is 5.69 Å². The summed E-state index contributed by atoms with van der Waals surface area (Å²) in [5.41, 5.74) is 3.89. The predicted octanol–water partition coefficient (Wildman–Crippen LogP) is 3.43. The number of hydrogen-bond acceptors (Lipinski definition) is 3. The van der Waals surface area contributed by atoms with Crippen LogP contribution in [-0.2, 0) is 33.6 Å². The van der Waals surface area contributed by atoms with Gasteiger partial charge in [0.15, 0.2) is 6.61 Å². The Balaban J connectivity index is 1.48. The molecule has 0 heterocycles. The Labute approximate surface area is 146 Å². The first-order chi connectivity index (χ1) is 12.1. The van der Waals surface area contributed by atoms with E-state index in [2.05, 4.69) is 17.4 Å². The number of esters is 1. The quantitative estimate of drug-likeness (QED) is 0.848. The Morgan fingerprint density at radius 1 is 1.04 bits per heavy atom. The maximum Gasteiger partial charge on any atom is 0.310 e. The lowest BCUT2D eigenvalue weighted by molar-refractivity contribution is -0.146. The first-order valence-corrected chi connectivity index (χ1v) is 8.42. The van der Waals surface area contributed by atoms with Gasteiger partial charge in [0.05, 0.1) is 6.42 Å². The van der Waals surface area contributed by atoms with Gasteiger partial charge in [-0.2, -0.15) is 0 Å². The highest BCUT2D eigenvalue weighted by molar-refractivity contribution is 5.92. The van der Waals surface area contributed by atoms with Crippen molar-refractivity contribution in [2.45, 2.75) is 32.1 Å². The van der Waals surface area contributed by atoms with Crippen LogP contribution in [0.2, 0.25) is 0 Å². The van der Waals surface area contributed by atoms with Crippen LogP contribution in [-0.4, -0.2) is 18.5 Å². The molecule has 0 atom stereocenters. The minimum Gasteiger partial charge on any atom is -0.455 e. The number of halogens is 1. The third kappa shape index (κ3) is 4.89. The number of rotatable bonds is 5. The summed E-state index contributed by atoms with van der Waals surface area (Å²) in [7, 11) is 0. The van der Waals surface area contributed by atoms with Crippen LogP contribution in [0.25, 0.3) is 0 Å². The Bertz CT molecular complexity index is 788.